The lowest BCUT2D eigenvalue weighted by Crippen LogP contribution is -2.50. The molecule has 0 aromatic heterocycles. The van der Waals surface area contributed by atoms with Crippen LogP contribution in [0.15, 0.2) is 0 Å². The van der Waals surface area contributed by atoms with E-state index < -0.39 is 6.04 Å². The van der Waals surface area contributed by atoms with Gasteiger partial charge in [0, 0.05) is 19.5 Å². The molecule has 15 heavy (non-hydrogen) atoms. The standard InChI is InChI=1S/C10H18N2O3/c1-3-9(13)11-8(2)10(14)12-4-6-15-7-5-12/h8H,3-7H2,1-2H3,(H,11,13)/t8-/m0/s1. The van der Waals surface area contributed by atoms with E-state index in [-0.39, 0.29) is 11.8 Å². The number of hydrogen-bond donors (Lipinski definition) is 1. The quantitative estimate of drug-likeness (QED) is 0.705. The molecule has 0 unspecified atom stereocenters. The Morgan fingerprint density at radius 1 is 1.40 bits per heavy atom. The molecule has 1 atom stereocenters. The summed E-state index contributed by atoms with van der Waals surface area (Å²) in [6, 6.07) is -0.435. The maximum Gasteiger partial charge on any atom is 0.245 e. The highest BCUT2D eigenvalue weighted by atomic mass is 16.5. The van der Waals surface area contributed by atoms with Gasteiger partial charge in [-0.1, -0.05) is 6.92 Å². The van der Waals surface area contributed by atoms with Crippen LogP contribution in [-0.4, -0.2) is 49.1 Å². The number of rotatable bonds is 3. The van der Waals surface area contributed by atoms with Gasteiger partial charge in [0.25, 0.3) is 0 Å². The number of carbonyl (C=O) groups excluding carboxylic acids is 2. The number of amides is 2. The Morgan fingerprint density at radius 2 is 2.00 bits per heavy atom. The van der Waals surface area contributed by atoms with Crippen molar-refractivity contribution in [1.82, 2.24) is 10.2 Å². The number of nitrogens with one attached hydrogen (secondary N) is 1. The third-order valence-corrected chi connectivity index (χ3v) is 2.39. The van der Waals surface area contributed by atoms with Gasteiger partial charge < -0.3 is 15.0 Å². The minimum absolute atomic E-state index is 0.0277. The summed E-state index contributed by atoms with van der Waals surface area (Å²) in [5.74, 6) is -0.121. The first-order valence-electron chi connectivity index (χ1n) is 5.31. The van der Waals surface area contributed by atoms with Crippen molar-refractivity contribution in [1.29, 1.82) is 0 Å². The Labute approximate surface area is 89.8 Å². The van der Waals surface area contributed by atoms with Crippen LogP contribution in [0.2, 0.25) is 0 Å². The Morgan fingerprint density at radius 3 is 2.53 bits per heavy atom. The molecule has 1 N–H and O–H groups in total. The van der Waals surface area contributed by atoms with Gasteiger partial charge in [0.05, 0.1) is 13.2 Å². The summed E-state index contributed by atoms with van der Waals surface area (Å²) < 4.78 is 5.15. The molecule has 0 aromatic rings. The zero-order chi connectivity index (χ0) is 11.3. The van der Waals surface area contributed by atoms with Gasteiger partial charge in [0.2, 0.25) is 11.8 Å². The number of nitrogens with zero attached hydrogens (tertiary/aromatic N) is 1. The maximum absolute atomic E-state index is 11.8. The number of carbonyl (C=O) groups is 2. The van der Waals surface area contributed by atoms with E-state index in [0.29, 0.717) is 32.7 Å². The van der Waals surface area contributed by atoms with Crippen LogP contribution < -0.4 is 5.32 Å². The molecule has 1 heterocycles. The summed E-state index contributed by atoms with van der Waals surface area (Å²) >= 11 is 0. The highest BCUT2D eigenvalue weighted by Crippen LogP contribution is 2.00. The Balaban J connectivity index is 2.40. The van der Waals surface area contributed by atoms with Crippen LogP contribution in [0, 0.1) is 0 Å². The number of morpholine rings is 1. The molecule has 1 aliphatic rings. The van der Waals surface area contributed by atoms with Gasteiger partial charge in [-0.3, -0.25) is 9.59 Å². The maximum atomic E-state index is 11.8. The highest BCUT2D eigenvalue weighted by molar-refractivity contribution is 5.87. The van der Waals surface area contributed by atoms with Crippen LogP contribution >= 0.6 is 0 Å². The van der Waals surface area contributed by atoms with Crippen LogP contribution in [0.1, 0.15) is 20.3 Å². The van der Waals surface area contributed by atoms with Gasteiger partial charge in [-0.05, 0) is 6.92 Å². The Kier molecular flexibility index (Phi) is 4.55. The van der Waals surface area contributed by atoms with Crippen molar-refractivity contribution in [2.75, 3.05) is 26.3 Å². The molecular formula is C10H18N2O3. The summed E-state index contributed by atoms with van der Waals surface area (Å²) in [7, 11) is 0. The first-order chi connectivity index (χ1) is 7.15. The lowest BCUT2D eigenvalue weighted by molar-refractivity contribution is -0.139. The molecule has 86 valence electrons. The first kappa shape index (κ1) is 12.0. The second kappa shape index (κ2) is 5.70. The fourth-order valence-electron chi connectivity index (χ4n) is 1.46. The van der Waals surface area contributed by atoms with E-state index in [1.165, 1.54) is 0 Å². The minimum atomic E-state index is -0.435. The van der Waals surface area contributed by atoms with Crippen molar-refractivity contribution < 1.29 is 14.3 Å². The predicted molar refractivity (Wildman–Crippen MR) is 55.3 cm³/mol. The zero-order valence-electron chi connectivity index (χ0n) is 9.28. The summed E-state index contributed by atoms with van der Waals surface area (Å²) in [5.41, 5.74) is 0. The normalized spacial score (nSPS) is 18.4. The van der Waals surface area contributed by atoms with Crippen LogP contribution in [0.5, 0.6) is 0 Å². The summed E-state index contributed by atoms with van der Waals surface area (Å²) in [5, 5.41) is 2.66. The topological polar surface area (TPSA) is 58.6 Å². The summed E-state index contributed by atoms with van der Waals surface area (Å²) in [4.78, 5) is 24.6. The Hall–Kier alpha value is -1.10. The zero-order valence-corrected chi connectivity index (χ0v) is 9.28. The second-order valence-electron chi connectivity index (χ2n) is 3.58. The summed E-state index contributed by atoms with van der Waals surface area (Å²) in [6.07, 6.45) is 0.404. The minimum Gasteiger partial charge on any atom is -0.378 e. The molecule has 1 aliphatic heterocycles. The first-order valence-corrected chi connectivity index (χ1v) is 5.31. The molecule has 1 rings (SSSR count). The van der Waals surface area contributed by atoms with Crippen LogP contribution in [0.25, 0.3) is 0 Å². The van der Waals surface area contributed by atoms with Gasteiger partial charge in [0.1, 0.15) is 6.04 Å². The number of hydrogen-bond acceptors (Lipinski definition) is 3. The molecule has 1 saturated heterocycles. The predicted octanol–water partition coefficient (Wildman–Crippen LogP) is -0.240. The van der Waals surface area contributed by atoms with Crippen molar-refractivity contribution in [2.45, 2.75) is 26.3 Å². The largest absolute Gasteiger partial charge is 0.378 e. The van der Waals surface area contributed by atoms with Crippen molar-refractivity contribution in [2.24, 2.45) is 0 Å². The third-order valence-electron chi connectivity index (χ3n) is 2.39. The third kappa shape index (κ3) is 3.51. The van der Waals surface area contributed by atoms with Gasteiger partial charge in [-0.25, -0.2) is 0 Å². The fraction of sp³-hybridized carbons (Fsp3) is 0.800. The molecule has 0 spiro atoms. The SMILES string of the molecule is CCC(=O)N[C@@H](C)C(=O)N1CCOCC1. The van der Waals surface area contributed by atoms with Crippen LogP contribution in [-0.2, 0) is 14.3 Å². The molecule has 0 aliphatic carbocycles. The van der Waals surface area contributed by atoms with E-state index in [0.717, 1.165) is 0 Å². The highest BCUT2D eigenvalue weighted by Gasteiger charge is 2.22. The summed E-state index contributed by atoms with van der Waals surface area (Å²) in [6.45, 7) is 5.88. The molecule has 0 aromatic carbocycles. The van der Waals surface area contributed by atoms with E-state index in [4.69, 9.17) is 4.74 Å². The molecule has 1 fully saturated rings. The monoisotopic (exact) mass is 214 g/mol. The average Bonchev–Trinajstić information content (AvgIpc) is 2.29. The van der Waals surface area contributed by atoms with Gasteiger partial charge in [-0.15, -0.1) is 0 Å². The van der Waals surface area contributed by atoms with E-state index in [1.807, 2.05) is 0 Å². The smallest absolute Gasteiger partial charge is 0.245 e. The lowest BCUT2D eigenvalue weighted by Gasteiger charge is -2.29. The van der Waals surface area contributed by atoms with Crippen molar-refractivity contribution in [3.8, 4) is 0 Å². The van der Waals surface area contributed by atoms with Gasteiger partial charge in [0.15, 0.2) is 0 Å². The van der Waals surface area contributed by atoms with Crippen LogP contribution in [0.3, 0.4) is 0 Å². The molecule has 0 radical (unpaired) electrons. The second-order valence-corrected chi connectivity index (χ2v) is 3.58. The van der Waals surface area contributed by atoms with Crippen LogP contribution in [0.4, 0.5) is 0 Å². The molecule has 2 amide bonds. The van der Waals surface area contributed by atoms with Gasteiger partial charge in [-0.2, -0.15) is 0 Å². The van der Waals surface area contributed by atoms with E-state index in [9.17, 15) is 9.59 Å². The number of ether oxygens (including phenoxy) is 1. The molecule has 5 nitrogen and oxygen atoms in total. The lowest BCUT2D eigenvalue weighted by atomic mass is 10.2. The molecular weight excluding hydrogens is 196 g/mol. The van der Waals surface area contributed by atoms with E-state index in [2.05, 4.69) is 5.32 Å². The molecule has 0 bridgehead atoms. The van der Waals surface area contributed by atoms with E-state index in [1.54, 1.807) is 18.7 Å². The average molecular weight is 214 g/mol. The van der Waals surface area contributed by atoms with Crippen molar-refractivity contribution in [3.63, 3.8) is 0 Å². The molecule has 5 heteroatoms. The van der Waals surface area contributed by atoms with Crippen molar-refractivity contribution in [3.05, 3.63) is 0 Å². The molecule has 0 saturated carbocycles. The van der Waals surface area contributed by atoms with Crippen molar-refractivity contribution >= 4 is 11.8 Å². The van der Waals surface area contributed by atoms with Gasteiger partial charge >= 0.3 is 0 Å². The fourth-order valence-corrected chi connectivity index (χ4v) is 1.46. The Bertz CT molecular complexity index is 237. The van der Waals surface area contributed by atoms with E-state index >= 15 is 0 Å².